The van der Waals surface area contributed by atoms with E-state index in [1.807, 2.05) is 19.9 Å². The first kappa shape index (κ1) is 27.5. The second kappa shape index (κ2) is 8.20. The first-order chi connectivity index (χ1) is 17.5. The highest BCUT2D eigenvalue weighted by atomic mass is 16.5. The Morgan fingerprint density at radius 2 is 1.68 bits per heavy atom. The maximum atomic E-state index is 14.4. The van der Waals surface area contributed by atoms with E-state index in [1.54, 1.807) is 0 Å². The SMILES string of the molecule is COC(=O)N[C@]12CCC(C)(C)C[C@H]1[C@H]1C(=O)C=C3[C@@]4(C)C/C(=C/O)C(=O)C(C)(C)[C@@H]4CC[C@@]3(C)[C@]1(C)CC2. The third-order valence-corrected chi connectivity index (χ3v) is 12.7. The number of methoxy groups -OCH3 is 1. The molecule has 0 aromatic rings. The molecule has 5 rings (SSSR count). The fourth-order valence-corrected chi connectivity index (χ4v) is 10.5. The Balaban J connectivity index is 1.65. The first-order valence-corrected chi connectivity index (χ1v) is 14.5. The standard InChI is InChI=1S/C32H47NO5/c1-27(2)11-13-32(33-26(37)38-8)14-12-31(7)24(20(32)17-27)21(35)15-23-29(5)16-19(18-34)25(36)28(3,4)22(29)9-10-30(23,31)6/h15,18,20,22,24,34H,9-14,16-17H2,1-8H3,(H,33,37)/b19-18-/t20-,22-,24-,29-,30+,31+,32-/m0/s1. The average molecular weight is 526 g/mol. The van der Waals surface area contributed by atoms with Gasteiger partial charge in [0.05, 0.1) is 13.4 Å². The van der Waals surface area contributed by atoms with Crippen LogP contribution >= 0.6 is 0 Å². The van der Waals surface area contributed by atoms with E-state index in [0.29, 0.717) is 12.0 Å². The summed E-state index contributed by atoms with van der Waals surface area (Å²) in [6, 6.07) is 0. The monoisotopic (exact) mass is 525 g/mol. The molecule has 0 aromatic carbocycles. The number of hydrogen-bond donors (Lipinski definition) is 2. The van der Waals surface area contributed by atoms with Crippen molar-refractivity contribution in [3.8, 4) is 0 Å². The van der Waals surface area contributed by atoms with Crippen molar-refractivity contribution in [3.05, 3.63) is 23.5 Å². The summed E-state index contributed by atoms with van der Waals surface area (Å²) in [5.41, 5.74) is -0.170. The topological polar surface area (TPSA) is 92.7 Å². The van der Waals surface area contributed by atoms with Crippen LogP contribution in [0.4, 0.5) is 4.79 Å². The number of nitrogens with one attached hydrogen (secondary N) is 1. The summed E-state index contributed by atoms with van der Waals surface area (Å²) in [6.45, 7) is 15.5. The van der Waals surface area contributed by atoms with E-state index in [-0.39, 0.29) is 51.0 Å². The highest BCUT2D eigenvalue weighted by Crippen LogP contribution is 2.74. The van der Waals surface area contributed by atoms with Crippen molar-refractivity contribution >= 4 is 17.7 Å². The smallest absolute Gasteiger partial charge is 0.407 e. The summed E-state index contributed by atoms with van der Waals surface area (Å²) < 4.78 is 5.06. The van der Waals surface area contributed by atoms with Gasteiger partial charge in [-0.2, -0.15) is 0 Å². The number of hydrogen-bond acceptors (Lipinski definition) is 5. The predicted molar refractivity (Wildman–Crippen MR) is 146 cm³/mol. The van der Waals surface area contributed by atoms with Crippen molar-refractivity contribution in [2.24, 2.45) is 44.8 Å². The zero-order valence-electron chi connectivity index (χ0n) is 24.6. The molecule has 1 amide bonds. The lowest BCUT2D eigenvalue weighted by molar-refractivity contribution is -0.164. The lowest BCUT2D eigenvalue weighted by atomic mass is 9.34. The number of Topliss-reactive ketones (excluding diaryl/α,β-unsaturated/α-hetero) is 1. The molecule has 0 saturated heterocycles. The lowest BCUT2D eigenvalue weighted by Crippen LogP contribution is -2.70. The second-order valence-electron chi connectivity index (χ2n) is 15.3. The first-order valence-electron chi connectivity index (χ1n) is 14.5. The maximum absolute atomic E-state index is 14.4. The number of amides is 1. The van der Waals surface area contributed by atoms with E-state index in [9.17, 15) is 19.5 Å². The van der Waals surface area contributed by atoms with Crippen molar-refractivity contribution in [2.45, 2.75) is 105 Å². The van der Waals surface area contributed by atoms with E-state index in [0.717, 1.165) is 51.2 Å². The molecule has 0 aromatic heterocycles. The van der Waals surface area contributed by atoms with Crippen LogP contribution in [0.15, 0.2) is 23.5 Å². The van der Waals surface area contributed by atoms with Crippen LogP contribution in [-0.2, 0) is 14.3 Å². The number of ketones is 2. The minimum atomic E-state index is -0.607. The number of aliphatic hydroxyl groups excluding tert-OH is 1. The van der Waals surface area contributed by atoms with Gasteiger partial charge in [0.2, 0.25) is 0 Å². The molecule has 0 spiro atoms. The zero-order valence-corrected chi connectivity index (χ0v) is 24.6. The van der Waals surface area contributed by atoms with E-state index >= 15 is 0 Å². The van der Waals surface area contributed by atoms with Crippen LogP contribution in [-0.4, -0.2) is 35.4 Å². The molecule has 4 saturated carbocycles. The Labute approximate surface area is 228 Å². The Bertz CT molecular complexity index is 1150. The molecule has 210 valence electrons. The van der Waals surface area contributed by atoms with Gasteiger partial charge in [0.1, 0.15) is 0 Å². The summed E-state index contributed by atoms with van der Waals surface area (Å²) >= 11 is 0. The van der Waals surface area contributed by atoms with Crippen LogP contribution < -0.4 is 5.32 Å². The maximum Gasteiger partial charge on any atom is 0.407 e. The lowest BCUT2D eigenvalue weighted by Gasteiger charge is -2.69. The normalized spacial score (nSPS) is 46.2. The summed E-state index contributed by atoms with van der Waals surface area (Å²) in [5.74, 6) is 0.154. The fourth-order valence-electron chi connectivity index (χ4n) is 10.5. The van der Waals surface area contributed by atoms with Gasteiger partial charge in [-0.15, -0.1) is 0 Å². The third kappa shape index (κ3) is 3.40. The van der Waals surface area contributed by atoms with Gasteiger partial charge in [-0.3, -0.25) is 9.59 Å². The highest BCUT2D eigenvalue weighted by molar-refractivity contribution is 6.01. The molecule has 0 radical (unpaired) electrons. The molecule has 0 aliphatic heterocycles. The predicted octanol–water partition coefficient (Wildman–Crippen LogP) is 6.70. The molecule has 7 atom stereocenters. The van der Waals surface area contributed by atoms with Crippen LogP contribution in [0.2, 0.25) is 0 Å². The molecule has 5 aliphatic carbocycles. The Morgan fingerprint density at radius 3 is 2.32 bits per heavy atom. The van der Waals surface area contributed by atoms with Gasteiger partial charge >= 0.3 is 6.09 Å². The Morgan fingerprint density at radius 1 is 1.03 bits per heavy atom. The molecule has 2 N–H and O–H groups in total. The van der Waals surface area contributed by atoms with Crippen molar-refractivity contribution in [3.63, 3.8) is 0 Å². The second-order valence-corrected chi connectivity index (χ2v) is 15.3. The van der Waals surface area contributed by atoms with E-state index < -0.39 is 17.0 Å². The van der Waals surface area contributed by atoms with E-state index in [2.05, 4.69) is 39.9 Å². The van der Waals surface area contributed by atoms with E-state index in [4.69, 9.17) is 4.74 Å². The molecule has 0 bridgehead atoms. The fraction of sp³-hybridized carbons (Fsp3) is 0.781. The van der Waals surface area contributed by atoms with Crippen molar-refractivity contribution in [1.29, 1.82) is 0 Å². The molecule has 5 aliphatic rings. The van der Waals surface area contributed by atoms with Crippen molar-refractivity contribution < 1.29 is 24.2 Å². The van der Waals surface area contributed by atoms with Gasteiger partial charge in [0.25, 0.3) is 0 Å². The summed E-state index contributed by atoms with van der Waals surface area (Å²) in [6.07, 6.45) is 9.30. The Kier molecular flexibility index (Phi) is 5.93. The number of aliphatic hydroxyl groups is 1. The molecular weight excluding hydrogens is 478 g/mol. The van der Waals surface area contributed by atoms with Crippen molar-refractivity contribution in [2.75, 3.05) is 7.11 Å². The van der Waals surface area contributed by atoms with Crippen LogP contribution in [0.5, 0.6) is 0 Å². The quantitative estimate of drug-likeness (QED) is 0.294. The van der Waals surface area contributed by atoms with Crippen LogP contribution in [0.1, 0.15) is 99.8 Å². The average Bonchev–Trinajstić information content (AvgIpc) is 2.83. The zero-order chi connectivity index (χ0) is 28.1. The number of ether oxygens (including phenoxy) is 1. The van der Waals surface area contributed by atoms with E-state index in [1.165, 1.54) is 12.7 Å². The summed E-state index contributed by atoms with van der Waals surface area (Å²) in [5, 5.41) is 13.3. The third-order valence-electron chi connectivity index (χ3n) is 12.7. The molecule has 6 heteroatoms. The highest BCUT2D eigenvalue weighted by Gasteiger charge is 2.70. The van der Waals surface area contributed by atoms with Gasteiger partial charge in [-0.25, -0.2) is 4.79 Å². The van der Waals surface area contributed by atoms with Gasteiger partial charge < -0.3 is 15.2 Å². The summed E-state index contributed by atoms with van der Waals surface area (Å²) in [4.78, 5) is 40.3. The van der Waals surface area contributed by atoms with Gasteiger partial charge in [0, 0.05) is 22.4 Å². The van der Waals surface area contributed by atoms with Gasteiger partial charge in [-0.1, -0.05) is 54.0 Å². The molecule has 0 heterocycles. The largest absolute Gasteiger partial charge is 0.515 e. The number of alkyl carbamates (subject to hydrolysis) is 1. The van der Waals surface area contributed by atoms with Crippen molar-refractivity contribution in [1.82, 2.24) is 5.32 Å². The molecule has 4 fully saturated rings. The number of carbonyl (C=O) groups excluding carboxylic acids is 3. The minimum absolute atomic E-state index is 0.0265. The number of fused-ring (bicyclic) bond motifs is 7. The minimum Gasteiger partial charge on any atom is -0.515 e. The van der Waals surface area contributed by atoms with Gasteiger partial charge in [0.15, 0.2) is 11.6 Å². The van der Waals surface area contributed by atoms with Crippen LogP contribution in [0.3, 0.4) is 0 Å². The number of rotatable bonds is 1. The van der Waals surface area contributed by atoms with Gasteiger partial charge in [-0.05, 0) is 90.9 Å². The van der Waals surface area contributed by atoms with Crippen LogP contribution in [0.25, 0.3) is 0 Å². The molecule has 38 heavy (non-hydrogen) atoms. The summed E-state index contributed by atoms with van der Waals surface area (Å²) in [7, 11) is 1.41. The number of allylic oxidation sites excluding steroid dienone is 3. The Hall–Kier alpha value is -2.11. The van der Waals surface area contributed by atoms with Crippen LogP contribution in [0, 0.1) is 44.8 Å². The molecular formula is C32H47NO5. The number of carbonyl (C=O) groups is 3. The molecule has 6 nitrogen and oxygen atoms in total. The molecule has 0 unspecified atom stereocenters.